The fourth-order valence-corrected chi connectivity index (χ4v) is 1.32. The smallest absolute Gasteiger partial charge is 0.307 e. The number of nitro groups is 3. The minimum absolute atomic E-state index is 0.309. The predicted octanol–water partition coefficient (Wildman–Crippen LogP) is 2.39. The molecule has 0 radical (unpaired) electrons. The van der Waals surface area contributed by atoms with Crippen LogP contribution in [0.2, 0.25) is 0 Å². The Hall–Kier alpha value is -4.16. The second-order valence-corrected chi connectivity index (χ2v) is 3.51. The lowest BCUT2D eigenvalue weighted by Gasteiger charge is -2.10. The van der Waals surface area contributed by atoms with Crippen molar-refractivity contribution >= 4 is 11.4 Å². The molecule has 16 nitrogen and oxygen atoms in total. The van der Waals surface area contributed by atoms with Crippen LogP contribution in [-0.4, -0.2) is 20.7 Å². The molecule has 0 saturated carbocycles. The number of hydrogen-bond donors (Lipinski definition) is 0. The van der Waals surface area contributed by atoms with Crippen LogP contribution in [0.15, 0.2) is 28.4 Å². The van der Waals surface area contributed by atoms with Crippen LogP contribution in [0.3, 0.4) is 0 Å². The summed E-state index contributed by atoms with van der Waals surface area (Å²) in [6.45, 7) is 0. The molecule has 0 spiro atoms. The molecule has 0 amide bonds. The number of nitrogens with zero attached hydrogens (tertiary/aromatic N) is 9. The van der Waals surface area contributed by atoms with Gasteiger partial charge in [-0.1, -0.05) is 10.2 Å². The predicted molar refractivity (Wildman–Crippen MR) is 68.4 cm³/mol. The quantitative estimate of drug-likeness (QED) is 0.181. The molecule has 0 N–H and O–H groups in total. The third-order valence-corrected chi connectivity index (χ3v) is 2.16. The second kappa shape index (κ2) is 6.53. The standard InChI is InChI=1S/C7H3N9O7/c8-12-10-4-1-5(11-13-9)3-6(2-4)23-7(14(17)18,15(19)20)16(21)22/h1-3H. The van der Waals surface area contributed by atoms with Crippen molar-refractivity contribution in [3.63, 3.8) is 0 Å². The fourth-order valence-electron chi connectivity index (χ4n) is 1.32. The zero-order valence-corrected chi connectivity index (χ0v) is 10.6. The van der Waals surface area contributed by atoms with Crippen LogP contribution >= 0.6 is 0 Å². The summed E-state index contributed by atoms with van der Waals surface area (Å²) < 4.78 is 4.30. The fraction of sp³-hybridized carbons (Fsp3) is 0.143. The van der Waals surface area contributed by atoms with Gasteiger partial charge in [0.2, 0.25) is 14.8 Å². The van der Waals surface area contributed by atoms with Gasteiger partial charge in [0.25, 0.3) is 0 Å². The molecular formula is C7H3N9O7. The number of azide groups is 2. The van der Waals surface area contributed by atoms with Gasteiger partial charge in [-0.15, -0.1) is 0 Å². The monoisotopic (exact) mass is 325 g/mol. The van der Waals surface area contributed by atoms with Crippen molar-refractivity contribution in [2.24, 2.45) is 10.2 Å². The molecule has 1 aromatic rings. The third-order valence-electron chi connectivity index (χ3n) is 2.16. The summed E-state index contributed by atoms with van der Waals surface area (Å²) >= 11 is 0. The summed E-state index contributed by atoms with van der Waals surface area (Å²) in [5.74, 6) is -5.01. The van der Waals surface area contributed by atoms with Crippen molar-refractivity contribution in [3.05, 3.63) is 69.4 Å². The van der Waals surface area contributed by atoms with Crippen molar-refractivity contribution in [2.45, 2.75) is 5.97 Å². The Bertz CT molecular complexity index is 706. The third kappa shape index (κ3) is 3.30. The molecule has 0 fully saturated rings. The zero-order chi connectivity index (χ0) is 17.6. The van der Waals surface area contributed by atoms with E-state index in [0.717, 1.165) is 18.2 Å². The summed E-state index contributed by atoms with van der Waals surface area (Å²) in [7, 11) is 0. The average molecular weight is 325 g/mol. The van der Waals surface area contributed by atoms with Crippen molar-refractivity contribution in [1.29, 1.82) is 0 Å². The highest BCUT2D eigenvalue weighted by molar-refractivity contribution is 5.55. The first-order valence-corrected chi connectivity index (χ1v) is 5.15. The number of hydrogen-bond acceptors (Lipinski definition) is 9. The maximum Gasteiger partial charge on any atom is 0.890 e. The Labute approximate surface area is 123 Å². The highest BCUT2D eigenvalue weighted by atomic mass is 16.8. The van der Waals surface area contributed by atoms with Crippen LogP contribution in [0, 0.1) is 30.3 Å². The molecule has 16 heteroatoms. The molecule has 0 saturated heterocycles. The Morgan fingerprint density at radius 1 is 0.913 bits per heavy atom. The van der Waals surface area contributed by atoms with E-state index in [1.807, 2.05) is 0 Å². The molecule has 0 aromatic heterocycles. The molecule has 1 aromatic carbocycles. The summed E-state index contributed by atoms with van der Waals surface area (Å²) in [5, 5.41) is 38.5. The molecule has 0 unspecified atom stereocenters. The Balaban J connectivity index is 3.52. The van der Waals surface area contributed by atoms with Crippen LogP contribution in [0.1, 0.15) is 0 Å². The molecular weight excluding hydrogens is 322 g/mol. The van der Waals surface area contributed by atoms with E-state index in [4.69, 9.17) is 11.1 Å². The van der Waals surface area contributed by atoms with E-state index in [1.54, 1.807) is 0 Å². The summed E-state index contributed by atoms with van der Waals surface area (Å²) in [4.78, 5) is 31.5. The van der Waals surface area contributed by atoms with Gasteiger partial charge >= 0.3 is 5.97 Å². The van der Waals surface area contributed by atoms with Crippen molar-refractivity contribution in [2.75, 3.05) is 0 Å². The highest BCUT2D eigenvalue weighted by Crippen LogP contribution is 2.31. The number of rotatable bonds is 7. The van der Waals surface area contributed by atoms with E-state index >= 15 is 0 Å². The van der Waals surface area contributed by atoms with Gasteiger partial charge in [0.1, 0.15) is 5.75 Å². The first kappa shape index (κ1) is 16.9. The normalized spacial score (nSPS) is 9.91. The highest BCUT2D eigenvalue weighted by Gasteiger charge is 2.76. The lowest BCUT2D eigenvalue weighted by Crippen LogP contribution is -2.57. The molecule has 0 aliphatic rings. The lowest BCUT2D eigenvalue weighted by molar-refractivity contribution is -1.01. The molecule has 0 aliphatic heterocycles. The molecule has 0 aliphatic carbocycles. The number of ether oxygens (including phenoxy) is 1. The Kier molecular flexibility index (Phi) is 4.79. The minimum atomic E-state index is -4.22. The second-order valence-electron chi connectivity index (χ2n) is 3.51. The lowest BCUT2D eigenvalue weighted by atomic mass is 10.2. The van der Waals surface area contributed by atoms with Gasteiger partial charge in [-0.05, 0) is 29.3 Å². The van der Waals surface area contributed by atoms with Gasteiger partial charge in [-0.2, -0.15) is 0 Å². The average Bonchev–Trinajstić information content (AvgIpc) is 2.44. The SMILES string of the molecule is [N-]=[N+]=Nc1cc(N=[N+]=[N-])cc(OC([N+](=O)[O-])([N+](=O)[O-])[N+](=O)[O-])c1. The van der Waals surface area contributed by atoms with Crippen molar-refractivity contribution in [3.8, 4) is 5.75 Å². The maximum absolute atomic E-state index is 10.8. The molecule has 0 bridgehead atoms. The molecule has 0 atom stereocenters. The number of benzene rings is 1. The molecule has 118 valence electrons. The van der Waals surface area contributed by atoms with E-state index in [0.29, 0.717) is 0 Å². The van der Waals surface area contributed by atoms with Crippen LogP contribution in [0.5, 0.6) is 5.75 Å². The van der Waals surface area contributed by atoms with Crippen LogP contribution in [0.25, 0.3) is 20.9 Å². The van der Waals surface area contributed by atoms with Gasteiger partial charge in [0.15, 0.2) is 0 Å². The summed E-state index contributed by atoms with van der Waals surface area (Å²) in [5.41, 5.74) is 16.0. The largest absolute Gasteiger partial charge is 0.890 e. The van der Waals surface area contributed by atoms with Crippen LogP contribution < -0.4 is 4.74 Å². The first-order valence-electron chi connectivity index (χ1n) is 5.15. The van der Waals surface area contributed by atoms with E-state index in [2.05, 4.69) is 24.8 Å². The maximum atomic E-state index is 10.8. The Morgan fingerprint density at radius 3 is 1.61 bits per heavy atom. The topological polar surface area (TPSA) is 236 Å². The zero-order valence-electron chi connectivity index (χ0n) is 10.6. The molecule has 23 heavy (non-hydrogen) atoms. The Morgan fingerprint density at radius 2 is 1.30 bits per heavy atom. The van der Waals surface area contributed by atoms with Gasteiger partial charge in [0, 0.05) is 21.2 Å². The first-order chi connectivity index (χ1) is 10.8. The van der Waals surface area contributed by atoms with Gasteiger partial charge in [0.05, 0.1) is 0 Å². The van der Waals surface area contributed by atoms with Gasteiger partial charge in [-0.3, -0.25) is 0 Å². The van der Waals surface area contributed by atoms with Crippen LogP contribution in [0.4, 0.5) is 11.4 Å². The van der Waals surface area contributed by atoms with Crippen LogP contribution in [-0.2, 0) is 0 Å². The van der Waals surface area contributed by atoms with Crippen molar-refractivity contribution in [1.82, 2.24) is 0 Å². The summed E-state index contributed by atoms with van der Waals surface area (Å²) in [6.07, 6.45) is 0. The van der Waals surface area contributed by atoms with E-state index in [9.17, 15) is 30.3 Å². The van der Waals surface area contributed by atoms with Gasteiger partial charge in [-0.25, -0.2) is 30.3 Å². The minimum Gasteiger partial charge on any atom is -0.307 e. The van der Waals surface area contributed by atoms with E-state index in [1.165, 1.54) is 0 Å². The van der Waals surface area contributed by atoms with E-state index in [-0.39, 0.29) is 11.4 Å². The van der Waals surface area contributed by atoms with Gasteiger partial charge < -0.3 is 4.74 Å². The van der Waals surface area contributed by atoms with E-state index < -0.39 is 26.5 Å². The summed E-state index contributed by atoms with van der Waals surface area (Å²) in [6, 6.07) is 2.52. The molecule has 1 rings (SSSR count). The molecule has 0 heterocycles. The van der Waals surface area contributed by atoms with Crippen molar-refractivity contribution < 1.29 is 19.5 Å².